The van der Waals surface area contributed by atoms with Gasteiger partial charge >= 0.3 is 12.1 Å². The van der Waals surface area contributed by atoms with Gasteiger partial charge in [0.2, 0.25) is 0 Å². The van der Waals surface area contributed by atoms with Gasteiger partial charge in [-0.3, -0.25) is 0 Å². The predicted octanol–water partition coefficient (Wildman–Crippen LogP) is 5.49. The molecule has 3 aromatic carbocycles. The molecule has 0 aromatic heterocycles. The van der Waals surface area contributed by atoms with E-state index in [1.54, 1.807) is 31.2 Å². The van der Waals surface area contributed by atoms with E-state index in [1.165, 1.54) is 29.2 Å². The SMILES string of the molecule is CCOC(Cc1ccc(OCCN(CCCOc2ccc(F)cc2)C(=O)Oc2ccc(F)c(F)c2)cc1)C(=O)O. The van der Waals surface area contributed by atoms with Crippen LogP contribution in [-0.4, -0.2) is 61.1 Å². The zero-order chi connectivity index (χ0) is 28.9. The van der Waals surface area contributed by atoms with Crippen molar-refractivity contribution in [3.05, 3.63) is 89.7 Å². The molecular weight excluding hydrogens is 531 g/mol. The Morgan fingerprint density at radius 3 is 2.08 bits per heavy atom. The van der Waals surface area contributed by atoms with Gasteiger partial charge in [0.25, 0.3) is 0 Å². The number of hydrogen-bond donors (Lipinski definition) is 1. The first-order chi connectivity index (χ1) is 19.2. The summed E-state index contributed by atoms with van der Waals surface area (Å²) in [6.45, 7) is 2.62. The third-order valence-corrected chi connectivity index (χ3v) is 5.63. The molecule has 3 rings (SSSR count). The van der Waals surface area contributed by atoms with Crippen molar-refractivity contribution < 1.29 is 46.8 Å². The maximum absolute atomic E-state index is 13.6. The van der Waals surface area contributed by atoms with Gasteiger partial charge < -0.3 is 29.0 Å². The molecule has 214 valence electrons. The van der Waals surface area contributed by atoms with Crippen LogP contribution in [0.5, 0.6) is 17.2 Å². The van der Waals surface area contributed by atoms with E-state index in [4.69, 9.17) is 18.9 Å². The molecular formula is C29H30F3NO7. The second-order valence-electron chi connectivity index (χ2n) is 8.57. The van der Waals surface area contributed by atoms with Crippen molar-refractivity contribution in [3.8, 4) is 17.2 Å². The molecule has 1 N–H and O–H groups in total. The summed E-state index contributed by atoms with van der Waals surface area (Å²) < 4.78 is 61.6. The van der Waals surface area contributed by atoms with E-state index >= 15 is 0 Å². The van der Waals surface area contributed by atoms with Gasteiger partial charge in [0.15, 0.2) is 17.7 Å². The molecule has 0 radical (unpaired) electrons. The standard InChI is InChI=1S/C29H30F3NO7/c1-2-37-27(28(34)35)18-20-4-8-22(9-5-20)39-17-15-33(14-3-16-38-23-10-6-21(30)7-11-23)29(36)40-24-12-13-25(31)26(32)19-24/h4-13,19,27H,2-3,14-18H2,1H3,(H,34,35). The number of nitrogens with zero attached hydrogens (tertiary/aromatic N) is 1. The van der Waals surface area contributed by atoms with Crippen LogP contribution in [0, 0.1) is 17.5 Å². The smallest absolute Gasteiger partial charge is 0.415 e. The van der Waals surface area contributed by atoms with Crippen LogP contribution in [0.25, 0.3) is 0 Å². The molecule has 0 saturated heterocycles. The molecule has 0 aliphatic rings. The molecule has 3 aromatic rings. The molecule has 0 saturated carbocycles. The topological polar surface area (TPSA) is 94.5 Å². The van der Waals surface area contributed by atoms with Crippen LogP contribution in [0.3, 0.4) is 0 Å². The fourth-order valence-electron chi connectivity index (χ4n) is 3.60. The molecule has 40 heavy (non-hydrogen) atoms. The number of carbonyl (C=O) groups is 2. The van der Waals surface area contributed by atoms with Crippen LogP contribution in [0.2, 0.25) is 0 Å². The highest BCUT2D eigenvalue weighted by Crippen LogP contribution is 2.18. The van der Waals surface area contributed by atoms with Gasteiger partial charge in [-0.05, 0) is 67.4 Å². The highest BCUT2D eigenvalue weighted by molar-refractivity contribution is 5.72. The third-order valence-electron chi connectivity index (χ3n) is 5.63. The number of carboxylic acids is 1. The molecule has 8 nitrogen and oxygen atoms in total. The third kappa shape index (κ3) is 9.81. The van der Waals surface area contributed by atoms with Gasteiger partial charge in [-0.25, -0.2) is 22.8 Å². The highest BCUT2D eigenvalue weighted by atomic mass is 19.2. The number of amides is 1. The number of ether oxygens (including phenoxy) is 4. The maximum atomic E-state index is 13.6. The highest BCUT2D eigenvalue weighted by Gasteiger charge is 2.19. The van der Waals surface area contributed by atoms with Crippen molar-refractivity contribution in [1.82, 2.24) is 4.90 Å². The van der Waals surface area contributed by atoms with E-state index in [1.807, 2.05) is 0 Å². The van der Waals surface area contributed by atoms with Crippen LogP contribution in [0.4, 0.5) is 18.0 Å². The van der Waals surface area contributed by atoms with Crippen molar-refractivity contribution in [2.75, 3.05) is 32.9 Å². The lowest BCUT2D eigenvalue weighted by Crippen LogP contribution is -2.38. The Bertz CT molecular complexity index is 1240. The quantitative estimate of drug-likeness (QED) is 0.246. The maximum Gasteiger partial charge on any atom is 0.415 e. The summed E-state index contributed by atoms with van der Waals surface area (Å²) in [5.74, 6) is -2.82. The number of benzene rings is 3. The minimum absolute atomic E-state index is 0.0851. The molecule has 0 spiro atoms. The summed E-state index contributed by atoms with van der Waals surface area (Å²) in [7, 11) is 0. The summed E-state index contributed by atoms with van der Waals surface area (Å²) >= 11 is 0. The number of rotatable bonds is 15. The molecule has 1 unspecified atom stereocenters. The van der Waals surface area contributed by atoms with E-state index in [0.29, 0.717) is 17.9 Å². The summed E-state index contributed by atoms with van der Waals surface area (Å²) in [4.78, 5) is 25.4. The lowest BCUT2D eigenvalue weighted by atomic mass is 10.1. The number of carbonyl (C=O) groups excluding carboxylic acids is 1. The average molecular weight is 562 g/mol. The molecule has 0 aliphatic heterocycles. The second-order valence-corrected chi connectivity index (χ2v) is 8.57. The van der Waals surface area contributed by atoms with Gasteiger partial charge in [0.05, 0.1) is 13.2 Å². The molecule has 0 fully saturated rings. The van der Waals surface area contributed by atoms with Crippen molar-refractivity contribution in [2.45, 2.75) is 25.9 Å². The predicted molar refractivity (Wildman–Crippen MR) is 139 cm³/mol. The fraction of sp³-hybridized carbons (Fsp3) is 0.310. The van der Waals surface area contributed by atoms with E-state index in [0.717, 1.165) is 23.8 Å². The molecule has 1 amide bonds. The summed E-state index contributed by atoms with van der Waals surface area (Å²) in [5.41, 5.74) is 0.756. The zero-order valence-electron chi connectivity index (χ0n) is 21.9. The number of halogens is 3. The Kier molecular flexibility index (Phi) is 11.6. The lowest BCUT2D eigenvalue weighted by Gasteiger charge is -2.22. The van der Waals surface area contributed by atoms with Gasteiger partial charge in [-0.15, -0.1) is 0 Å². The summed E-state index contributed by atoms with van der Waals surface area (Å²) in [6, 6.07) is 15.1. The van der Waals surface area contributed by atoms with E-state index < -0.39 is 29.8 Å². The van der Waals surface area contributed by atoms with Crippen molar-refractivity contribution in [1.29, 1.82) is 0 Å². The fourth-order valence-corrected chi connectivity index (χ4v) is 3.60. The Labute approximate surface area is 229 Å². The van der Waals surface area contributed by atoms with E-state index in [2.05, 4.69) is 0 Å². The van der Waals surface area contributed by atoms with Crippen molar-refractivity contribution in [3.63, 3.8) is 0 Å². The minimum atomic E-state index is -1.15. The molecule has 0 bridgehead atoms. The lowest BCUT2D eigenvalue weighted by molar-refractivity contribution is -0.149. The first-order valence-corrected chi connectivity index (χ1v) is 12.6. The van der Waals surface area contributed by atoms with Gasteiger partial charge in [-0.2, -0.15) is 0 Å². The summed E-state index contributed by atoms with van der Waals surface area (Å²) in [5, 5.41) is 9.25. The molecule has 0 aliphatic carbocycles. The Balaban J connectivity index is 1.55. The van der Waals surface area contributed by atoms with Crippen LogP contribution in [0.15, 0.2) is 66.7 Å². The minimum Gasteiger partial charge on any atom is -0.494 e. The molecule has 1 atom stereocenters. The number of aliphatic carboxylic acids is 1. The Morgan fingerprint density at radius 1 is 0.825 bits per heavy atom. The van der Waals surface area contributed by atoms with Crippen LogP contribution >= 0.6 is 0 Å². The monoisotopic (exact) mass is 561 g/mol. The van der Waals surface area contributed by atoms with Gasteiger partial charge in [0, 0.05) is 25.6 Å². The largest absolute Gasteiger partial charge is 0.494 e. The zero-order valence-corrected chi connectivity index (χ0v) is 21.9. The van der Waals surface area contributed by atoms with E-state index in [9.17, 15) is 27.9 Å². The van der Waals surface area contributed by atoms with Crippen LogP contribution in [-0.2, 0) is 16.0 Å². The second kappa shape index (κ2) is 15.4. The van der Waals surface area contributed by atoms with Crippen LogP contribution < -0.4 is 14.2 Å². The normalized spacial score (nSPS) is 11.5. The van der Waals surface area contributed by atoms with Crippen LogP contribution in [0.1, 0.15) is 18.9 Å². The number of carboxylic acid groups (broad SMARTS) is 1. The number of hydrogen-bond acceptors (Lipinski definition) is 6. The summed E-state index contributed by atoms with van der Waals surface area (Å²) in [6.07, 6.45) is -1.14. The Hall–Kier alpha value is -4.25. The molecule has 0 heterocycles. The first-order valence-electron chi connectivity index (χ1n) is 12.6. The van der Waals surface area contributed by atoms with Gasteiger partial charge in [-0.1, -0.05) is 12.1 Å². The first kappa shape index (κ1) is 30.3. The Morgan fingerprint density at radius 2 is 1.45 bits per heavy atom. The van der Waals surface area contributed by atoms with E-state index in [-0.39, 0.29) is 50.9 Å². The van der Waals surface area contributed by atoms with Crippen molar-refractivity contribution >= 4 is 12.1 Å². The molecule has 11 heteroatoms. The average Bonchev–Trinajstić information content (AvgIpc) is 2.93. The van der Waals surface area contributed by atoms with Gasteiger partial charge in [0.1, 0.15) is 29.7 Å². The van der Waals surface area contributed by atoms with Crippen molar-refractivity contribution in [2.24, 2.45) is 0 Å².